The molecule has 0 amide bonds. The second-order valence-electron chi connectivity index (χ2n) is 5.22. The summed E-state index contributed by atoms with van der Waals surface area (Å²) in [6, 6.07) is 4.83. The van der Waals surface area contributed by atoms with Gasteiger partial charge in [-0.25, -0.2) is 8.42 Å². The molecule has 0 aromatic heterocycles. The van der Waals surface area contributed by atoms with Crippen molar-refractivity contribution in [3.63, 3.8) is 0 Å². The van der Waals surface area contributed by atoms with Crippen molar-refractivity contribution in [3.05, 3.63) is 23.8 Å². The number of nitrogens with zero attached hydrogens (tertiary/aromatic N) is 1. The van der Waals surface area contributed by atoms with Gasteiger partial charge in [0.05, 0.1) is 24.2 Å². The lowest BCUT2D eigenvalue weighted by Crippen LogP contribution is -2.41. The molecular formula is C14H22N2O4S. The summed E-state index contributed by atoms with van der Waals surface area (Å²) in [6.45, 7) is 2.97. The van der Waals surface area contributed by atoms with Gasteiger partial charge < -0.3 is 15.6 Å². The van der Waals surface area contributed by atoms with Gasteiger partial charge in [0.2, 0.25) is 10.0 Å². The maximum absolute atomic E-state index is 12.6. The largest absolute Gasteiger partial charge is 0.398 e. The highest BCUT2D eigenvalue weighted by Crippen LogP contribution is 2.24. The minimum Gasteiger partial charge on any atom is -0.398 e. The zero-order valence-electron chi connectivity index (χ0n) is 12.2. The van der Waals surface area contributed by atoms with E-state index >= 15 is 0 Å². The third-order valence-electron chi connectivity index (χ3n) is 3.73. The van der Waals surface area contributed by atoms with E-state index in [1.54, 1.807) is 12.1 Å². The second kappa shape index (κ2) is 6.74. The van der Waals surface area contributed by atoms with Crippen LogP contribution in [0.4, 0.5) is 5.69 Å². The van der Waals surface area contributed by atoms with Crippen LogP contribution in [0.15, 0.2) is 23.1 Å². The van der Waals surface area contributed by atoms with Crippen LogP contribution in [0.5, 0.6) is 0 Å². The number of hydrogen-bond acceptors (Lipinski definition) is 5. The molecule has 6 nitrogen and oxygen atoms in total. The highest BCUT2D eigenvalue weighted by atomic mass is 32.2. The molecule has 0 radical (unpaired) electrons. The zero-order chi connectivity index (χ0) is 15.5. The summed E-state index contributed by atoms with van der Waals surface area (Å²) < 4.78 is 32.0. The Labute approximate surface area is 125 Å². The highest BCUT2D eigenvalue weighted by molar-refractivity contribution is 7.89. The topological polar surface area (TPSA) is 92.9 Å². The van der Waals surface area contributed by atoms with E-state index in [4.69, 9.17) is 15.6 Å². The minimum absolute atomic E-state index is 0.0127. The lowest BCUT2D eigenvalue weighted by Gasteiger charge is -2.31. The summed E-state index contributed by atoms with van der Waals surface area (Å²) in [4.78, 5) is 0.236. The van der Waals surface area contributed by atoms with Crippen LogP contribution in [-0.2, 0) is 14.8 Å². The predicted octanol–water partition coefficient (Wildman–Crippen LogP) is 0.739. The molecule has 0 bridgehead atoms. The molecule has 1 fully saturated rings. The van der Waals surface area contributed by atoms with Crippen LogP contribution in [0, 0.1) is 6.92 Å². The lowest BCUT2D eigenvalue weighted by molar-refractivity contribution is 0.00318. The molecule has 0 spiro atoms. The number of benzene rings is 1. The fraction of sp³-hybridized carbons (Fsp3) is 0.571. The van der Waals surface area contributed by atoms with Crippen LogP contribution < -0.4 is 5.73 Å². The first-order chi connectivity index (χ1) is 9.95. The van der Waals surface area contributed by atoms with Crippen LogP contribution in [0.1, 0.15) is 18.4 Å². The van der Waals surface area contributed by atoms with Crippen molar-refractivity contribution >= 4 is 15.7 Å². The number of sulfonamides is 1. The standard InChI is InChI=1S/C14H22N2O4S/c1-11-2-3-13(10-14(11)15)21(18,19)16-6-4-12(5-7-16)20-9-8-17/h2-3,10,12,17H,4-9,15H2,1H3. The first-order valence-corrected chi connectivity index (χ1v) is 8.48. The van der Waals surface area contributed by atoms with E-state index in [2.05, 4.69) is 0 Å². The average molecular weight is 314 g/mol. The molecule has 2 rings (SSSR count). The van der Waals surface area contributed by atoms with E-state index in [1.165, 1.54) is 10.4 Å². The van der Waals surface area contributed by atoms with Gasteiger partial charge in [0.15, 0.2) is 0 Å². The number of ether oxygens (including phenoxy) is 1. The smallest absolute Gasteiger partial charge is 0.243 e. The Morgan fingerprint density at radius 2 is 2.05 bits per heavy atom. The van der Waals surface area contributed by atoms with E-state index in [1.807, 2.05) is 6.92 Å². The molecular weight excluding hydrogens is 292 g/mol. The molecule has 0 unspecified atom stereocenters. The third-order valence-corrected chi connectivity index (χ3v) is 5.63. The SMILES string of the molecule is Cc1ccc(S(=O)(=O)N2CCC(OCCO)CC2)cc1N. The summed E-state index contributed by atoms with van der Waals surface area (Å²) in [5.74, 6) is 0. The Kier molecular flexibility index (Phi) is 5.21. The molecule has 1 aromatic carbocycles. The number of hydrogen-bond donors (Lipinski definition) is 2. The van der Waals surface area contributed by atoms with Crippen molar-refractivity contribution in [2.45, 2.75) is 30.8 Å². The Bertz CT molecular complexity index is 581. The van der Waals surface area contributed by atoms with Crippen LogP contribution >= 0.6 is 0 Å². The monoisotopic (exact) mass is 314 g/mol. The molecule has 1 saturated heterocycles. The summed E-state index contributed by atoms with van der Waals surface area (Å²) in [7, 11) is -3.50. The molecule has 0 atom stereocenters. The number of nitrogen functional groups attached to an aromatic ring is 1. The summed E-state index contributed by atoms with van der Waals surface area (Å²) in [5.41, 5.74) is 7.15. The fourth-order valence-electron chi connectivity index (χ4n) is 2.39. The van der Waals surface area contributed by atoms with Gasteiger partial charge in [0.1, 0.15) is 0 Å². The lowest BCUT2D eigenvalue weighted by atomic mass is 10.1. The first-order valence-electron chi connectivity index (χ1n) is 7.04. The van der Waals surface area contributed by atoms with Gasteiger partial charge in [-0.15, -0.1) is 0 Å². The Morgan fingerprint density at radius 1 is 1.38 bits per heavy atom. The molecule has 21 heavy (non-hydrogen) atoms. The average Bonchev–Trinajstić information content (AvgIpc) is 2.48. The molecule has 1 aliphatic rings. The fourth-order valence-corrected chi connectivity index (χ4v) is 3.89. The summed E-state index contributed by atoms with van der Waals surface area (Å²) in [5, 5.41) is 8.73. The maximum Gasteiger partial charge on any atom is 0.243 e. The van der Waals surface area contributed by atoms with Gasteiger partial charge in [-0.2, -0.15) is 4.31 Å². The van der Waals surface area contributed by atoms with Gasteiger partial charge in [-0.05, 0) is 37.5 Å². The van der Waals surface area contributed by atoms with Gasteiger partial charge in [-0.3, -0.25) is 0 Å². The van der Waals surface area contributed by atoms with Crippen LogP contribution in [-0.4, -0.2) is 50.2 Å². The van der Waals surface area contributed by atoms with Crippen LogP contribution in [0.2, 0.25) is 0 Å². The Hall–Kier alpha value is -1.15. The Balaban J connectivity index is 2.06. The van der Waals surface area contributed by atoms with Crippen molar-refractivity contribution in [3.8, 4) is 0 Å². The molecule has 0 saturated carbocycles. The van der Waals surface area contributed by atoms with Crippen molar-refractivity contribution < 1.29 is 18.3 Å². The number of piperidine rings is 1. The number of aliphatic hydroxyl groups excluding tert-OH is 1. The number of rotatable bonds is 5. The maximum atomic E-state index is 12.6. The van der Waals surface area contributed by atoms with Crippen molar-refractivity contribution in [2.75, 3.05) is 32.0 Å². The highest BCUT2D eigenvalue weighted by Gasteiger charge is 2.29. The number of aryl methyl sites for hydroxylation is 1. The minimum atomic E-state index is -3.50. The van der Waals surface area contributed by atoms with E-state index in [9.17, 15) is 8.42 Å². The molecule has 1 heterocycles. The molecule has 3 N–H and O–H groups in total. The van der Waals surface area contributed by atoms with E-state index in [-0.39, 0.29) is 17.6 Å². The van der Waals surface area contributed by atoms with Crippen LogP contribution in [0.25, 0.3) is 0 Å². The summed E-state index contributed by atoms with van der Waals surface area (Å²) >= 11 is 0. The van der Waals surface area contributed by atoms with Crippen LogP contribution in [0.3, 0.4) is 0 Å². The molecule has 1 aliphatic heterocycles. The van der Waals surface area contributed by atoms with Crippen molar-refractivity contribution in [1.29, 1.82) is 0 Å². The number of nitrogens with two attached hydrogens (primary N) is 1. The molecule has 118 valence electrons. The Morgan fingerprint density at radius 3 is 2.62 bits per heavy atom. The van der Waals surface area contributed by atoms with Crippen molar-refractivity contribution in [1.82, 2.24) is 4.31 Å². The second-order valence-corrected chi connectivity index (χ2v) is 7.15. The normalized spacial score (nSPS) is 18.0. The predicted molar refractivity (Wildman–Crippen MR) is 80.4 cm³/mol. The van der Waals surface area contributed by atoms with E-state index < -0.39 is 10.0 Å². The third kappa shape index (κ3) is 3.74. The van der Waals surface area contributed by atoms with Gasteiger partial charge in [-0.1, -0.05) is 6.07 Å². The van der Waals surface area contributed by atoms with Gasteiger partial charge >= 0.3 is 0 Å². The van der Waals surface area contributed by atoms with Crippen molar-refractivity contribution in [2.24, 2.45) is 0 Å². The zero-order valence-corrected chi connectivity index (χ0v) is 13.0. The van der Waals surface area contributed by atoms with Gasteiger partial charge in [0, 0.05) is 18.8 Å². The molecule has 0 aliphatic carbocycles. The van der Waals surface area contributed by atoms with E-state index in [0.29, 0.717) is 38.2 Å². The number of anilines is 1. The van der Waals surface area contributed by atoms with Gasteiger partial charge in [0.25, 0.3) is 0 Å². The summed E-state index contributed by atoms with van der Waals surface area (Å²) in [6.07, 6.45) is 1.30. The van der Waals surface area contributed by atoms with E-state index in [0.717, 1.165) is 5.56 Å². The first kappa shape index (κ1) is 16.2. The number of aliphatic hydroxyl groups is 1. The quantitative estimate of drug-likeness (QED) is 0.782. The molecule has 7 heteroatoms. The molecule has 1 aromatic rings.